The fraction of sp³-hybridized carbons (Fsp3) is 0.938. The van der Waals surface area contributed by atoms with Gasteiger partial charge in [-0.15, -0.1) is 0 Å². The van der Waals surface area contributed by atoms with E-state index in [0.717, 1.165) is 12.8 Å². The zero-order chi connectivity index (χ0) is 16.3. The Balaban J connectivity index is 0. The molecule has 0 heterocycles. The van der Waals surface area contributed by atoms with E-state index in [4.69, 9.17) is 4.84 Å². The van der Waals surface area contributed by atoms with Gasteiger partial charge in [-0.3, -0.25) is 9.63 Å². The number of hydrogen-bond donors (Lipinski definition) is 0. The van der Waals surface area contributed by atoms with Gasteiger partial charge in [-0.05, 0) is 11.8 Å². The van der Waals surface area contributed by atoms with Gasteiger partial charge in [0.15, 0.2) is 0 Å². The Kier molecular flexibility index (Phi) is 12.0. The first-order valence-corrected chi connectivity index (χ1v) is 7.78. The third kappa shape index (κ3) is 10.2. The Morgan fingerprint density at radius 2 is 1.70 bits per heavy atom. The lowest BCUT2D eigenvalue weighted by atomic mass is 9.87. The molecule has 0 spiro atoms. The number of carbonyl (C=O) groups excluding carboxylic acids is 1. The highest BCUT2D eigenvalue weighted by Crippen LogP contribution is 2.24. The summed E-state index contributed by atoms with van der Waals surface area (Å²) in [7, 11) is 3.67. The minimum atomic E-state index is 0.0300. The third-order valence-electron chi connectivity index (χ3n) is 3.33. The number of hydroxylamine groups is 2. The second-order valence-electron chi connectivity index (χ2n) is 6.06. The van der Waals surface area contributed by atoms with Crippen LogP contribution in [0.3, 0.4) is 0 Å². The molecule has 0 radical (unpaired) electrons. The van der Waals surface area contributed by atoms with E-state index < -0.39 is 0 Å². The van der Waals surface area contributed by atoms with Gasteiger partial charge in [0, 0.05) is 20.0 Å². The van der Waals surface area contributed by atoms with Crippen LogP contribution in [0, 0.1) is 11.3 Å². The second-order valence-corrected chi connectivity index (χ2v) is 6.06. The van der Waals surface area contributed by atoms with Gasteiger partial charge in [-0.1, -0.05) is 54.9 Å². The predicted molar refractivity (Wildman–Crippen MR) is 86.2 cm³/mol. The van der Waals surface area contributed by atoms with Crippen LogP contribution in [0.4, 0.5) is 0 Å². The molecule has 0 aliphatic rings. The van der Waals surface area contributed by atoms with Crippen LogP contribution in [0.5, 0.6) is 0 Å². The Morgan fingerprint density at radius 3 is 2.10 bits per heavy atom. The Bertz CT molecular complexity index is 253. The van der Waals surface area contributed by atoms with Crippen molar-refractivity contribution < 1.29 is 9.63 Å². The highest BCUT2D eigenvalue weighted by Gasteiger charge is 2.17. The van der Waals surface area contributed by atoms with Crippen LogP contribution in [-0.4, -0.2) is 43.2 Å². The maximum Gasteiger partial charge on any atom is 0.225 e. The molecule has 0 saturated carbocycles. The highest BCUT2D eigenvalue weighted by atomic mass is 16.7. The number of hydrogen-bond acceptors (Lipinski definition) is 3. The Labute approximate surface area is 126 Å². The number of carbonyl (C=O) groups is 1. The summed E-state index contributed by atoms with van der Waals surface area (Å²) in [6, 6.07) is 0. The summed E-state index contributed by atoms with van der Waals surface area (Å²) < 4.78 is 0. The Hall–Kier alpha value is -0.610. The average Bonchev–Trinajstić information content (AvgIpc) is 2.39. The zero-order valence-corrected chi connectivity index (χ0v) is 15.1. The quantitative estimate of drug-likeness (QED) is 0.503. The van der Waals surface area contributed by atoms with E-state index in [1.165, 1.54) is 0 Å². The number of nitrogens with zero attached hydrogens (tertiary/aromatic N) is 2. The molecule has 0 aromatic rings. The van der Waals surface area contributed by atoms with Crippen LogP contribution in [0.2, 0.25) is 0 Å². The molecular weight excluding hydrogens is 252 g/mol. The highest BCUT2D eigenvalue weighted by molar-refractivity contribution is 5.77. The maximum atomic E-state index is 11.7. The molecule has 0 rings (SSSR count). The molecule has 4 nitrogen and oxygen atoms in total. The fourth-order valence-corrected chi connectivity index (χ4v) is 1.50. The molecule has 0 saturated heterocycles. The fourth-order valence-electron chi connectivity index (χ4n) is 1.50. The van der Waals surface area contributed by atoms with E-state index in [1.54, 1.807) is 17.0 Å². The smallest absolute Gasteiger partial charge is 0.225 e. The van der Waals surface area contributed by atoms with Gasteiger partial charge in [-0.25, -0.2) is 0 Å². The monoisotopic (exact) mass is 288 g/mol. The molecule has 4 heteroatoms. The standard InChI is InChI=1S/C14H30N2O2.C2H6/c1-8-14(4,5)9-10-18-16(7)11-15(6)13(17)12(2)3;1-2/h12H,8-11H2,1-7H3;1-2H3. The van der Waals surface area contributed by atoms with E-state index in [1.807, 2.05) is 34.7 Å². The van der Waals surface area contributed by atoms with Crippen molar-refractivity contribution in [1.29, 1.82) is 0 Å². The molecule has 20 heavy (non-hydrogen) atoms. The first-order valence-electron chi connectivity index (χ1n) is 7.78. The van der Waals surface area contributed by atoms with Gasteiger partial charge < -0.3 is 4.90 Å². The minimum absolute atomic E-state index is 0.0300. The van der Waals surface area contributed by atoms with Gasteiger partial charge in [0.1, 0.15) is 0 Å². The molecule has 122 valence electrons. The lowest BCUT2D eigenvalue weighted by Crippen LogP contribution is -2.39. The Morgan fingerprint density at radius 1 is 1.20 bits per heavy atom. The molecule has 0 fully saturated rings. The lowest BCUT2D eigenvalue weighted by molar-refractivity contribution is -0.175. The number of rotatable bonds is 8. The van der Waals surface area contributed by atoms with Gasteiger partial charge in [0.25, 0.3) is 0 Å². The van der Waals surface area contributed by atoms with Crippen molar-refractivity contribution in [3.8, 4) is 0 Å². The van der Waals surface area contributed by atoms with E-state index in [0.29, 0.717) is 18.7 Å². The summed E-state index contributed by atoms with van der Waals surface area (Å²) in [4.78, 5) is 19.0. The predicted octanol–water partition coefficient (Wildman–Crippen LogP) is 3.77. The molecule has 0 aliphatic heterocycles. The average molecular weight is 288 g/mol. The molecular formula is C16H36N2O2. The van der Waals surface area contributed by atoms with E-state index in [2.05, 4.69) is 20.8 Å². The summed E-state index contributed by atoms with van der Waals surface area (Å²) in [5.41, 5.74) is 0.320. The minimum Gasteiger partial charge on any atom is -0.330 e. The SMILES string of the molecule is CC.CCC(C)(C)CCON(C)CN(C)C(=O)C(C)C. The summed E-state index contributed by atoms with van der Waals surface area (Å²) >= 11 is 0. The van der Waals surface area contributed by atoms with Gasteiger partial charge in [-0.2, -0.15) is 5.06 Å². The summed E-state index contributed by atoms with van der Waals surface area (Å²) in [6.45, 7) is 15.7. The molecule has 0 N–H and O–H groups in total. The van der Waals surface area contributed by atoms with Crippen LogP contribution in [0.25, 0.3) is 0 Å². The van der Waals surface area contributed by atoms with Crippen LogP contribution in [0.1, 0.15) is 61.3 Å². The third-order valence-corrected chi connectivity index (χ3v) is 3.33. The van der Waals surface area contributed by atoms with Crippen molar-refractivity contribution in [2.75, 3.05) is 27.4 Å². The summed E-state index contributed by atoms with van der Waals surface area (Å²) in [5, 5.41) is 1.73. The van der Waals surface area contributed by atoms with Crippen LogP contribution < -0.4 is 0 Å². The maximum absolute atomic E-state index is 11.7. The molecule has 0 aliphatic carbocycles. The van der Waals surface area contributed by atoms with Crippen LogP contribution in [-0.2, 0) is 9.63 Å². The largest absolute Gasteiger partial charge is 0.330 e. The molecule has 0 aromatic heterocycles. The van der Waals surface area contributed by atoms with E-state index >= 15 is 0 Å². The normalized spacial score (nSPS) is 11.3. The van der Waals surface area contributed by atoms with Crippen molar-refractivity contribution in [1.82, 2.24) is 9.96 Å². The topological polar surface area (TPSA) is 32.8 Å². The van der Waals surface area contributed by atoms with Crippen molar-refractivity contribution in [2.45, 2.75) is 61.3 Å². The molecule has 0 aromatic carbocycles. The first kappa shape index (κ1) is 21.7. The van der Waals surface area contributed by atoms with E-state index in [-0.39, 0.29) is 11.8 Å². The van der Waals surface area contributed by atoms with Gasteiger partial charge in [0.05, 0.1) is 13.3 Å². The summed E-state index contributed by atoms with van der Waals surface area (Å²) in [6.07, 6.45) is 2.17. The van der Waals surface area contributed by atoms with Crippen molar-refractivity contribution in [3.63, 3.8) is 0 Å². The molecule has 0 unspecified atom stereocenters. The van der Waals surface area contributed by atoms with Gasteiger partial charge in [0.2, 0.25) is 5.91 Å². The second kappa shape index (κ2) is 11.1. The van der Waals surface area contributed by atoms with E-state index in [9.17, 15) is 4.79 Å². The van der Waals surface area contributed by atoms with Crippen LogP contribution in [0.15, 0.2) is 0 Å². The first-order chi connectivity index (χ1) is 9.19. The van der Waals surface area contributed by atoms with Crippen molar-refractivity contribution >= 4 is 5.91 Å². The molecule has 1 amide bonds. The molecule has 0 bridgehead atoms. The van der Waals surface area contributed by atoms with Crippen molar-refractivity contribution in [3.05, 3.63) is 0 Å². The lowest BCUT2D eigenvalue weighted by Gasteiger charge is -2.27. The van der Waals surface area contributed by atoms with Crippen molar-refractivity contribution in [2.24, 2.45) is 11.3 Å². The van der Waals surface area contributed by atoms with Crippen LogP contribution >= 0.6 is 0 Å². The zero-order valence-electron chi connectivity index (χ0n) is 15.1. The number of amides is 1. The molecule has 0 atom stereocenters. The summed E-state index contributed by atoms with van der Waals surface area (Å²) in [5.74, 6) is 0.168. The van der Waals surface area contributed by atoms with Gasteiger partial charge >= 0.3 is 0 Å².